The smallest absolute Gasteiger partial charge is 0.308 e. The van der Waals surface area contributed by atoms with Gasteiger partial charge in [0.15, 0.2) is 0 Å². The molecule has 0 saturated carbocycles. The summed E-state index contributed by atoms with van der Waals surface area (Å²) in [4.78, 5) is 11.6. The molecule has 0 bridgehead atoms. The third-order valence-corrected chi connectivity index (χ3v) is 2.42. The van der Waals surface area contributed by atoms with Crippen molar-refractivity contribution in [3.05, 3.63) is 23.8 Å². The number of hydrogen-bond acceptors (Lipinski definition) is 5. The Bertz CT molecular complexity index is 513. The topological polar surface area (TPSA) is 71.3 Å². The molecule has 1 aromatic carbocycles. The zero-order chi connectivity index (χ0) is 15.2. The highest BCUT2D eigenvalue weighted by atomic mass is 16.6. The molecule has 0 saturated heterocycles. The number of para-hydroxylation sites is 1. The van der Waals surface area contributed by atoms with Crippen LogP contribution >= 0.6 is 0 Å². The minimum atomic E-state index is -0.487. The summed E-state index contributed by atoms with van der Waals surface area (Å²) < 4.78 is 10.4. The number of nitrogens with one attached hydrogen (secondary N) is 1. The first-order valence-electron chi connectivity index (χ1n) is 6.40. The standard InChI is InChI=1S/C15H20N2O3/c1-15(2,3)20-13(18)8-9-17-14-11(10-16)6-5-7-12(14)19-4/h5-7,17H,8-9H2,1-4H3. The number of rotatable bonds is 5. The molecule has 1 rings (SSSR count). The molecule has 0 amide bonds. The van der Waals surface area contributed by atoms with Gasteiger partial charge in [-0.3, -0.25) is 4.79 Å². The fourth-order valence-electron chi connectivity index (χ4n) is 1.66. The Kier molecular flexibility index (Phi) is 5.39. The Morgan fingerprint density at radius 2 is 2.10 bits per heavy atom. The van der Waals surface area contributed by atoms with E-state index in [2.05, 4.69) is 11.4 Å². The number of ether oxygens (including phenoxy) is 2. The molecule has 108 valence electrons. The van der Waals surface area contributed by atoms with Gasteiger partial charge >= 0.3 is 5.97 Å². The first-order chi connectivity index (χ1) is 9.37. The molecule has 0 aliphatic rings. The maximum Gasteiger partial charge on any atom is 0.308 e. The summed E-state index contributed by atoms with van der Waals surface area (Å²) in [6, 6.07) is 7.29. The molecule has 0 radical (unpaired) electrons. The Hall–Kier alpha value is -2.22. The number of carbonyl (C=O) groups excluding carboxylic acids is 1. The van der Waals surface area contributed by atoms with Crippen molar-refractivity contribution in [2.24, 2.45) is 0 Å². The molecule has 0 aromatic heterocycles. The summed E-state index contributed by atoms with van der Waals surface area (Å²) in [5.41, 5.74) is 0.592. The van der Waals surface area contributed by atoms with Crippen molar-refractivity contribution in [1.29, 1.82) is 5.26 Å². The Morgan fingerprint density at radius 3 is 2.65 bits per heavy atom. The highest BCUT2D eigenvalue weighted by Gasteiger charge is 2.16. The number of hydrogen-bond donors (Lipinski definition) is 1. The van der Waals surface area contributed by atoms with E-state index < -0.39 is 5.60 Å². The van der Waals surface area contributed by atoms with Crippen LogP contribution in [0.25, 0.3) is 0 Å². The van der Waals surface area contributed by atoms with Crippen LogP contribution in [0.2, 0.25) is 0 Å². The summed E-state index contributed by atoms with van der Waals surface area (Å²) in [6.07, 6.45) is 0.222. The SMILES string of the molecule is COc1cccc(C#N)c1NCCC(=O)OC(C)(C)C. The van der Waals surface area contributed by atoms with Gasteiger partial charge in [-0.1, -0.05) is 6.07 Å². The van der Waals surface area contributed by atoms with Crippen LogP contribution < -0.4 is 10.1 Å². The highest BCUT2D eigenvalue weighted by molar-refractivity contribution is 5.72. The largest absolute Gasteiger partial charge is 0.495 e. The molecule has 1 aromatic rings. The van der Waals surface area contributed by atoms with Gasteiger partial charge in [-0.05, 0) is 32.9 Å². The van der Waals surface area contributed by atoms with Crippen LogP contribution in [0.4, 0.5) is 5.69 Å². The molecule has 1 N–H and O–H groups in total. The van der Waals surface area contributed by atoms with Gasteiger partial charge in [-0.15, -0.1) is 0 Å². The fraction of sp³-hybridized carbons (Fsp3) is 0.467. The van der Waals surface area contributed by atoms with Gasteiger partial charge in [-0.2, -0.15) is 5.26 Å². The minimum absolute atomic E-state index is 0.222. The quantitative estimate of drug-likeness (QED) is 0.837. The Labute approximate surface area is 119 Å². The molecule has 5 nitrogen and oxygen atoms in total. The van der Waals surface area contributed by atoms with Gasteiger partial charge in [0.2, 0.25) is 0 Å². The third kappa shape index (κ3) is 4.81. The van der Waals surface area contributed by atoms with Crippen molar-refractivity contribution in [2.45, 2.75) is 32.8 Å². The number of methoxy groups -OCH3 is 1. The van der Waals surface area contributed by atoms with Gasteiger partial charge in [0.05, 0.1) is 24.8 Å². The van der Waals surface area contributed by atoms with Crippen LogP contribution in [0, 0.1) is 11.3 Å². The minimum Gasteiger partial charge on any atom is -0.495 e. The van der Waals surface area contributed by atoms with E-state index in [1.807, 2.05) is 20.8 Å². The summed E-state index contributed by atoms with van der Waals surface area (Å²) in [5.74, 6) is 0.298. The van der Waals surface area contributed by atoms with Crippen molar-refractivity contribution in [1.82, 2.24) is 0 Å². The monoisotopic (exact) mass is 276 g/mol. The maximum absolute atomic E-state index is 11.6. The number of nitrogens with zero attached hydrogens (tertiary/aromatic N) is 1. The normalized spacial score (nSPS) is 10.6. The summed E-state index contributed by atoms with van der Waals surface area (Å²) in [6.45, 7) is 5.86. The van der Waals surface area contributed by atoms with Crippen LogP contribution in [-0.4, -0.2) is 25.2 Å². The first kappa shape index (κ1) is 15.8. The molecule has 20 heavy (non-hydrogen) atoms. The molecule has 5 heteroatoms. The van der Waals surface area contributed by atoms with Gasteiger partial charge in [0.1, 0.15) is 17.4 Å². The lowest BCUT2D eigenvalue weighted by atomic mass is 10.1. The predicted molar refractivity (Wildman–Crippen MR) is 76.7 cm³/mol. The zero-order valence-corrected chi connectivity index (χ0v) is 12.3. The molecule has 0 fully saturated rings. The molecule has 0 atom stereocenters. The average molecular weight is 276 g/mol. The molecule has 0 unspecified atom stereocenters. The number of esters is 1. The second-order valence-corrected chi connectivity index (χ2v) is 5.26. The Balaban J connectivity index is 2.63. The number of carbonyl (C=O) groups is 1. The van der Waals surface area contributed by atoms with Gasteiger partial charge in [0.25, 0.3) is 0 Å². The van der Waals surface area contributed by atoms with Crippen molar-refractivity contribution in [3.63, 3.8) is 0 Å². The zero-order valence-electron chi connectivity index (χ0n) is 12.3. The van der Waals surface area contributed by atoms with E-state index in [0.717, 1.165) is 0 Å². The van der Waals surface area contributed by atoms with E-state index in [0.29, 0.717) is 23.5 Å². The second kappa shape index (κ2) is 6.80. The van der Waals surface area contributed by atoms with Gasteiger partial charge < -0.3 is 14.8 Å². The van der Waals surface area contributed by atoms with E-state index in [9.17, 15) is 4.79 Å². The van der Waals surface area contributed by atoms with Crippen LogP contribution in [-0.2, 0) is 9.53 Å². The van der Waals surface area contributed by atoms with E-state index in [4.69, 9.17) is 14.7 Å². The van der Waals surface area contributed by atoms with E-state index >= 15 is 0 Å². The van der Waals surface area contributed by atoms with Crippen molar-refractivity contribution < 1.29 is 14.3 Å². The molecule has 0 aliphatic carbocycles. The van der Waals surface area contributed by atoms with Gasteiger partial charge in [-0.25, -0.2) is 0 Å². The Morgan fingerprint density at radius 1 is 1.40 bits per heavy atom. The lowest BCUT2D eigenvalue weighted by Crippen LogP contribution is -2.25. The first-order valence-corrected chi connectivity index (χ1v) is 6.40. The number of benzene rings is 1. The number of anilines is 1. The average Bonchev–Trinajstić information content (AvgIpc) is 2.36. The van der Waals surface area contributed by atoms with E-state index in [-0.39, 0.29) is 12.4 Å². The van der Waals surface area contributed by atoms with Crippen LogP contribution in [0.3, 0.4) is 0 Å². The van der Waals surface area contributed by atoms with Crippen LogP contribution in [0.1, 0.15) is 32.8 Å². The summed E-state index contributed by atoms with van der Waals surface area (Å²) in [7, 11) is 1.54. The van der Waals surface area contributed by atoms with Crippen LogP contribution in [0.5, 0.6) is 5.75 Å². The van der Waals surface area contributed by atoms with Crippen molar-refractivity contribution >= 4 is 11.7 Å². The van der Waals surface area contributed by atoms with E-state index in [1.165, 1.54) is 7.11 Å². The van der Waals surface area contributed by atoms with Crippen molar-refractivity contribution in [3.8, 4) is 11.8 Å². The van der Waals surface area contributed by atoms with Gasteiger partial charge in [0, 0.05) is 6.54 Å². The summed E-state index contributed by atoms with van der Waals surface area (Å²) >= 11 is 0. The predicted octanol–water partition coefficient (Wildman–Crippen LogP) is 2.71. The van der Waals surface area contributed by atoms with E-state index in [1.54, 1.807) is 18.2 Å². The summed E-state index contributed by atoms with van der Waals surface area (Å²) in [5, 5.41) is 12.1. The fourth-order valence-corrected chi connectivity index (χ4v) is 1.66. The van der Waals surface area contributed by atoms with Crippen LogP contribution in [0.15, 0.2) is 18.2 Å². The molecular formula is C15H20N2O3. The lowest BCUT2D eigenvalue weighted by molar-refractivity contribution is -0.154. The molecular weight excluding hydrogens is 256 g/mol. The maximum atomic E-state index is 11.6. The second-order valence-electron chi connectivity index (χ2n) is 5.26. The molecule has 0 heterocycles. The number of nitriles is 1. The van der Waals surface area contributed by atoms with Crippen molar-refractivity contribution in [2.75, 3.05) is 19.0 Å². The molecule has 0 aliphatic heterocycles. The molecule has 0 spiro atoms. The highest BCUT2D eigenvalue weighted by Crippen LogP contribution is 2.27. The third-order valence-electron chi connectivity index (χ3n) is 2.42. The lowest BCUT2D eigenvalue weighted by Gasteiger charge is -2.19.